The molecule has 0 radical (unpaired) electrons. The first-order chi connectivity index (χ1) is 13.4. The summed E-state index contributed by atoms with van der Waals surface area (Å²) in [6.45, 7) is 3.79. The third-order valence-corrected chi connectivity index (χ3v) is 7.23. The summed E-state index contributed by atoms with van der Waals surface area (Å²) in [5.41, 5.74) is 1.67. The van der Waals surface area contributed by atoms with Gasteiger partial charge in [0, 0.05) is 30.7 Å². The average Bonchev–Trinajstić information content (AvgIpc) is 3.33. The first kappa shape index (κ1) is 20.2. The minimum Gasteiger partial charge on any atom is -0.355 e. The molecular formula is C19H22N4O3S2. The summed E-state index contributed by atoms with van der Waals surface area (Å²) in [5, 5.41) is 9.29. The lowest BCUT2D eigenvalue weighted by Crippen LogP contribution is -2.27. The molecule has 28 heavy (non-hydrogen) atoms. The maximum Gasteiger partial charge on any atom is 0.224 e. The van der Waals surface area contributed by atoms with Crippen LogP contribution in [0.25, 0.3) is 5.13 Å². The number of nitrogens with zero attached hydrogens (tertiary/aromatic N) is 3. The first-order valence-corrected chi connectivity index (χ1v) is 11.3. The second-order valence-electron chi connectivity index (χ2n) is 6.59. The predicted octanol–water partition coefficient (Wildman–Crippen LogP) is 2.41. The summed E-state index contributed by atoms with van der Waals surface area (Å²) in [7, 11) is -3.29. The van der Waals surface area contributed by atoms with Crippen LogP contribution in [0.5, 0.6) is 0 Å². The van der Waals surface area contributed by atoms with E-state index in [-0.39, 0.29) is 17.2 Å². The molecule has 0 unspecified atom stereocenters. The van der Waals surface area contributed by atoms with Gasteiger partial charge in [-0.2, -0.15) is 5.10 Å². The number of thiazole rings is 1. The van der Waals surface area contributed by atoms with Crippen molar-refractivity contribution in [3.05, 3.63) is 59.4 Å². The Kier molecular flexibility index (Phi) is 6.25. The van der Waals surface area contributed by atoms with Crippen LogP contribution in [-0.4, -0.2) is 40.9 Å². The predicted molar refractivity (Wildman–Crippen MR) is 108 cm³/mol. The molecule has 9 heteroatoms. The summed E-state index contributed by atoms with van der Waals surface area (Å²) in [6, 6.07) is 8.33. The zero-order chi connectivity index (χ0) is 20.1. The van der Waals surface area contributed by atoms with Gasteiger partial charge in [0.25, 0.3) is 0 Å². The fourth-order valence-electron chi connectivity index (χ4n) is 2.55. The molecule has 0 saturated heterocycles. The van der Waals surface area contributed by atoms with Gasteiger partial charge in [-0.3, -0.25) is 4.79 Å². The Morgan fingerprint density at radius 1 is 1.25 bits per heavy atom. The Morgan fingerprint density at radius 3 is 2.64 bits per heavy atom. The number of aromatic nitrogens is 3. The molecule has 1 N–H and O–H groups in total. The lowest BCUT2D eigenvalue weighted by molar-refractivity contribution is -0.120. The highest BCUT2D eigenvalue weighted by Crippen LogP contribution is 2.17. The Labute approximate surface area is 168 Å². The van der Waals surface area contributed by atoms with Gasteiger partial charge >= 0.3 is 0 Å². The van der Waals surface area contributed by atoms with Gasteiger partial charge in [0.05, 0.1) is 22.3 Å². The van der Waals surface area contributed by atoms with Crippen LogP contribution in [-0.2, 0) is 27.5 Å². The minimum absolute atomic E-state index is 0.109. The van der Waals surface area contributed by atoms with Crippen LogP contribution in [0.1, 0.15) is 25.1 Å². The molecule has 1 amide bonds. The van der Waals surface area contributed by atoms with Crippen molar-refractivity contribution in [2.75, 3.05) is 6.54 Å². The van der Waals surface area contributed by atoms with E-state index in [9.17, 15) is 13.2 Å². The standard InChI is InChI=1S/C19H22N4O3S2/c1-14(2)28(25,26)17-6-4-15(5-7-17)12-18(24)20-10-8-16-13-27-19(22-16)23-11-3-9-21-23/h3-7,9,11,13-14H,8,10,12H2,1-2H3,(H,20,24). The van der Waals surface area contributed by atoms with Crippen LogP contribution < -0.4 is 5.32 Å². The number of carbonyl (C=O) groups excluding carboxylic acids is 1. The Morgan fingerprint density at radius 2 is 2.00 bits per heavy atom. The molecule has 3 aromatic rings. The van der Waals surface area contributed by atoms with Crippen molar-refractivity contribution in [1.29, 1.82) is 0 Å². The zero-order valence-electron chi connectivity index (χ0n) is 15.7. The van der Waals surface area contributed by atoms with Gasteiger partial charge in [0.2, 0.25) is 11.0 Å². The fourth-order valence-corrected chi connectivity index (χ4v) is 4.40. The average molecular weight is 419 g/mol. The molecule has 3 rings (SSSR count). The largest absolute Gasteiger partial charge is 0.355 e. The molecule has 0 bridgehead atoms. The lowest BCUT2D eigenvalue weighted by atomic mass is 10.1. The van der Waals surface area contributed by atoms with Crippen LogP contribution >= 0.6 is 11.3 Å². The Bertz CT molecular complexity index is 1020. The summed E-state index contributed by atoms with van der Waals surface area (Å²) in [4.78, 5) is 16.9. The van der Waals surface area contributed by atoms with Crippen molar-refractivity contribution in [2.45, 2.75) is 36.8 Å². The minimum atomic E-state index is -3.29. The van der Waals surface area contributed by atoms with Crippen LogP contribution in [0.2, 0.25) is 0 Å². The van der Waals surface area contributed by atoms with Crippen LogP contribution in [0.4, 0.5) is 0 Å². The van der Waals surface area contributed by atoms with Gasteiger partial charge in [-0.05, 0) is 37.6 Å². The Hall–Kier alpha value is -2.52. The van der Waals surface area contributed by atoms with Gasteiger partial charge in [0.15, 0.2) is 9.84 Å². The number of carbonyl (C=O) groups is 1. The molecule has 0 spiro atoms. The zero-order valence-corrected chi connectivity index (χ0v) is 17.3. The number of sulfone groups is 1. The van der Waals surface area contributed by atoms with Gasteiger partial charge in [-0.25, -0.2) is 18.1 Å². The summed E-state index contributed by atoms with van der Waals surface area (Å²) in [6.07, 6.45) is 4.38. The summed E-state index contributed by atoms with van der Waals surface area (Å²) in [5.74, 6) is -0.109. The van der Waals surface area contributed by atoms with E-state index < -0.39 is 15.1 Å². The molecule has 0 aliphatic carbocycles. The van der Waals surface area contributed by atoms with Gasteiger partial charge in [-0.15, -0.1) is 11.3 Å². The molecule has 0 aliphatic rings. The SMILES string of the molecule is CC(C)S(=O)(=O)c1ccc(CC(=O)NCCc2csc(-n3cccn3)n2)cc1. The first-order valence-electron chi connectivity index (χ1n) is 8.90. The molecule has 2 heterocycles. The number of amides is 1. The number of hydrogen-bond donors (Lipinski definition) is 1. The van der Waals surface area contributed by atoms with Crippen molar-refractivity contribution in [3.63, 3.8) is 0 Å². The maximum atomic E-state index is 12.1. The number of nitrogens with one attached hydrogen (secondary N) is 1. The van der Waals surface area contributed by atoms with Crippen LogP contribution in [0.3, 0.4) is 0 Å². The fraction of sp³-hybridized carbons (Fsp3) is 0.316. The number of rotatable bonds is 8. The third-order valence-electron chi connectivity index (χ3n) is 4.18. The van der Waals surface area contributed by atoms with E-state index >= 15 is 0 Å². The van der Waals surface area contributed by atoms with E-state index in [1.165, 1.54) is 11.3 Å². The van der Waals surface area contributed by atoms with Crippen LogP contribution in [0, 0.1) is 0 Å². The van der Waals surface area contributed by atoms with E-state index in [2.05, 4.69) is 15.4 Å². The van der Waals surface area contributed by atoms with Crippen molar-refractivity contribution in [2.24, 2.45) is 0 Å². The van der Waals surface area contributed by atoms with Gasteiger partial charge in [-0.1, -0.05) is 12.1 Å². The highest BCUT2D eigenvalue weighted by atomic mass is 32.2. The van der Waals surface area contributed by atoms with E-state index in [0.29, 0.717) is 13.0 Å². The smallest absolute Gasteiger partial charge is 0.224 e. The second-order valence-corrected chi connectivity index (χ2v) is 9.93. The number of benzene rings is 1. The monoisotopic (exact) mass is 418 g/mol. The highest BCUT2D eigenvalue weighted by molar-refractivity contribution is 7.92. The topological polar surface area (TPSA) is 94.0 Å². The summed E-state index contributed by atoms with van der Waals surface area (Å²) < 4.78 is 26.0. The van der Waals surface area contributed by atoms with E-state index in [0.717, 1.165) is 16.4 Å². The Balaban J connectivity index is 1.48. The van der Waals surface area contributed by atoms with Crippen molar-refractivity contribution >= 4 is 27.1 Å². The number of hydrogen-bond acceptors (Lipinski definition) is 6. The molecule has 2 aromatic heterocycles. The molecule has 148 valence electrons. The molecule has 1 aromatic carbocycles. The van der Waals surface area contributed by atoms with Gasteiger partial charge in [0.1, 0.15) is 0 Å². The van der Waals surface area contributed by atoms with Crippen molar-refractivity contribution in [1.82, 2.24) is 20.1 Å². The molecule has 0 saturated carbocycles. The molecule has 0 aliphatic heterocycles. The molecule has 0 fully saturated rings. The molecule has 0 atom stereocenters. The van der Waals surface area contributed by atoms with E-state index in [1.807, 2.05) is 17.6 Å². The van der Waals surface area contributed by atoms with E-state index in [4.69, 9.17) is 0 Å². The van der Waals surface area contributed by atoms with Crippen LogP contribution in [0.15, 0.2) is 53.0 Å². The molecular weight excluding hydrogens is 396 g/mol. The quantitative estimate of drug-likeness (QED) is 0.606. The van der Waals surface area contributed by atoms with Crippen molar-refractivity contribution in [3.8, 4) is 5.13 Å². The molecule has 7 nitrogen and oxygen atoms in total. The highest BCUT2D eigenvalue weighted by Gasteiger charge is 2.18. The van der Waals surface area contributed by atoms with Gasteiger partial charge < -0.3 is 5.32 Å². The third kappa shape index (κ3) is 4.85. The summed E-state index contributed by atoms with van der Waals surface area (Å²) >= 11 is 1.50. The van der Waals surface area contributed by atoms with E-state index in [1.54, 1.807) is 49.0 Å². The second kappa shape index (κ2) is 8.66. The van der Waals surface area contributed by atoms with Crippen molar-refractivity contribution < 1.29 is 13.2 Å². The lowest BCUT2D eigenvalue weighted by Gasteiger charge is -2.09. The normalized spacial score (nSPS) is 11.7. The maximum absolute atomic E-state index is 12.1.